The number of nitrogens with one attached hydrogen (secondary N) is 1. The number of nitrogen functional groups attached to an aromatic ring is 1. The van der Waals surface area contributed by atoms with Crippen LogP contribution in [0.1, 0.15) is 64.4 Å². The van der Waals surface area contributed by atoms with Crippen LogP contribution in [0.4, 0.5) is 24.7 Å². The molecule has 0 aromatic carbocycles. The van der Waals surface area contributed by atoms with E-state index in [0.29, 0.717) is 30.4 Å². The number of halogens is 3. The Hall–Kier alpha value is -2.58. The van der Waals surface area contributed by atoms with E-state index in [1.165, 1.54) is 0 Å². The topological polar surface area (TPSA) is 88.3 Å². The minimum absolute atomic E-state index is 0.0197. The van der Waals surface area contributed by atoms with Crippen LogP contribution in [0.5, 0.6) is 0 Å². The molecule has 3 aliphatic carbocycles. The van der Waals surface area contributed by atoms with Gasteiger partial charge in [-0.3, -0.25) is 9.59 Å². The predicted molar refractivity (Wildman–Crippen MR) is 130 cm³/mol. The number of hydrogen-bond acceptors (Lipinski definition) is 4. The number of carbonyl (C=O) groups is 2. The molecule has 4 aliphatic rings. The maximum Gasteiger partial charge on any atom is 0.417 e. The number of likely N-dealkylation sites (N-methyl/N-ethyl adjacent to an activating group) is 1. The summed E-state index contributed by atoms with van der Waals surface area (Å²) in [5, 5.41) is 2.65. The van der Waals surface area contributed by atoms with Crippen molar-refractivity contribution < 1.29 is 22.8 Å². The number of aromatic nitrogens is 1. The van der Waals surface area contributed by atoms with Gasteiger partial charge in [0.2, 0.25) is 11.8 Å². The Bertz CT molecular complexity index is 1100. The zero-order chi connectivity index (χ0) is 26.0. The van der Waals surface area contributed by atoms with Gasteiger partial charge in [0.25, 0.3) is 0 Å². The molecule has 0 radical (unpaired) electrons. The number of alkyl halides is 3. The van der Waals surface area contributed by atoms with E-state index in [0.717, 1.165) is 44.6 Å². The molecule has 0 bridgehead atoms. The van der Waals surface area contributed by atoms with Crippen molar-refractivity contribution >= 4 is 23.3 Å². The fraction of sp³-hybridized carbons (Fsp3) is 0.667. The number of hydrogen-bond donors (Lipinski definition) is 2. The first-order chi connectivity index (χ1) is 16.8. The zero-order valence-corrected chi connectivity index (χ0v) is 21.1. The average molecular weight is 505 g/mol. The lowest BCUT2D eigenvalue weighted by Gasteiger charge is -2.60. The number of carbonyl (C=O) groups excluding carboxylic acids is 2. The second kappa shape index (κ2) is 8.48. The first kappa shape index (κ1) is 25.1. The summed E-state index contributed by atoms with van der Waals surface area (Å²) in [4.78, 5) is 30.9. The quantitative estimate of drug-likeness (QED) is 0.587. The number of pyridine rings is 1. The first-order valence-corrected chi connectivity index (χ1v) is 12.9. The molecule has 1 aromatic rings. The normalized spacial score (nSPS) is 37.8. The zero-order valence-electron chi connectivity index (χ0n) is 21.1. The summed E-state index contributed by atoms with van der Waals surface area (Å²) in [6.07, 6.45) is 6.63. The first-order valence-electron chi connectivity index (χ1n) is 12.9. The van der Waals surface area contributed by atoms with Gasteiger partial charge in [-0.25, -0.2) is 4.98 Å². The second-order valence-corrected chi connectivity index (χ2v) is 11.8. The molecular weight excluding hydrogens is 469 g/mol. The van der Waals surface area contributed by atoms with Crippen LogP contribution in [0.2, 0.25) is 0 Å². The van der Waals surface area contributed by atoms with E-state index >= 15 is 0 Å². The van der Waals surface area contributed by atoms with Gasteiger partial charge in [0.1, 0.15) is 0 Å². The molecule has 6 nitrogen and oxygen atoms in total. The standard InChI is InChI=1S/C27H35F3N4O2/c1-25-10-8-19-17(5-7-21-26(19,2)11-9-23(36)34(21)3)18(25)6-4-15(25)13-22(35)33-24-20(31)12-16(14-32-24)27(28,29)30/h9,11-12,14-15,17-19,21H,4-8,10,13,31H2,1-3H3,(H,32,33,35)/t15-,17?,18?,19?,21?,25-,26-/m1/s1. The van der Waals surface area contributed by atoms with Gasteiger partial charge in [-0.15, -0.1) is 0 Å². The van der Waals surface area contributed by atoms with Crippen LogP contribution in [0.15, 0.2) is 24.4 Å². The van der Waals surface area contributed by atoms with Crippen molar-refractivity contribution in [2.75, 3.05) is 18.1 Å². The minimum atomic E-state index is -4.54. The number of nitrogens with two attached hydrogens (primary N) is 1. The Balaban J connectivity index is 1.28. The van der Waals surface area contributed by atoms with Gasteiger partial charge in [0.15, 0.2) is 5.82 Å². The van der Waals surface area contributed by atoms with E-state index in [4.69, 9.17) is 5.73 Å². The molecule has 0 saturated heterocycles. The molecule has 0 spiro atoms. The van der Waals surface area contributed by atoms with E-state index in [2.05, 4.69) is 30.2 Å². The van der Waals surface area contributed by atoms with E-state index in [1.807, 2.05) is 11.9 Å². The Labute approximate surface area is 209 Å². The van der Waals surface area contributed by atoms with Crippen LogP contribution in [0, 0.1) is 34.5 Å². The summed E-state index contributed by atoms with van der Waals surface area (Å²) in [6, 6.07) is 1.04. The van der Waals surface area contributed by atoms with Crippen LogP contribution in [-0.4, -0.2) is 34.8 Å². The largest absolute Gasteiger partial charge is 0.417 e. The van der Waals surface area contributed by atoms with Gasteiger partial charge in [-0.05, 0) is 79.8 Å². The van der Waals surface area contributed by atoms with Gasteiger partial charge in [-0.1, -0.05) is 19.9 Å². The molecule has 4 unspecified atom stereocenters. The third-order valence-corrected chi connectivity index (χ3v) is 10.3. The molecule has 3 N–H and O–H groups in total. The highest BCUT2D eigenvalue weighted by Gasteiger charge is 2.60. The molecule has 9 heteroatoms. The van der Waals surface area contributed by atoms with Gasteiger partial charge in [-0.2, -0.15) is 13.2 Å². The van der Waals surface area contributed by atoms with Crippen molar-refractivity contribution in [3.8, 4) is 0 Å². The molecule has 1 aromatic heterocycles. The average Bonchev–Trinajstić information content (AvgIpc) is 3.13. The molecule has 7 atom stereocenters. The Morgan fingerprint density at radius 3 is 2.64 bits per heavy atom. The maximum absolute atomic E-state index is 12.9. The van der Waals surface area contributed by atoms with Crippen molar-refractivity contribution in [3.63, 3.8) is 0 Å². The summed E-state index contributed by atoms with van der Waals surface area (Å²) in [5.41, 5.74) is 4.65. The Kier molecular flexibility index (Phi) is 5.91. The molecule has 1 aliphatic heterocycles. The molecule has 3 fully saturated rings. The highest BCUT2D eigenvalue weighted by molar-refractivity contribution is 5.92. The molecule has 5 rings (SSSR count). The summed E-state index contributed by atoms with van der Waals surface area (Å²) in [5.74, 6) is 1.63. The lowest BCUT2D eigenvalue weighted by molar-refractivity contribution is -0.139. The molecule has 196 valence electrons. The summed E-state index contributed by atoms with van der Waals surface area (Å²) < 4.78 is 38.7. The molecular formula is C27H35F3N4O2. The predicted octanol–water partition coefficient (Wildman–Crippen LogP) is 5.27. The lowest BCUT2D eigenvalue weighted by Crippen LogP contribution is -2.59. The van der Waals surface area contributed by atoms with Gasteiger partial charge in [0, 0.05) is 31.1 Å². The molecule has 3 saturated carbocycles. The third-order valence-electron chi connectivity index (χ3n) is 10.3. The van der Waals surface area contributed by atoms with Gasteiger partial charge in [0.05, 0.1) is 11.3 Å². The minimum Gasteiger partial charge on any atom is -0.396 e. The fourth-order valence-corrected chi connectivity index (χ4v) is 8.33. The van der Waals surface area contributed by atoms with E-state index in [1.54, 1.807) is 6.08 Å². The van der Waals surface area contributed by atoms with Crippen molar-refractivity contribution in [1.29, 1.82) is 0 Å². The second-order valence-electron chi connectivity index (χ2n) is 11.8. The van der Waals surface area contributed by atoms with Crippen LogP contribution < -0.4 is 11.1 Å². The summed E-state index contributed by atoms with van der Waals surface area (Å²) in [7, 11) is 1.92. The smallest absolute Gasteiger partial charge is 0.396 e. The van der Waals surface area contributed by atoms with Crippen LogP contribution in [0.3, 0.4) is 0 Å². The van der Waals surface area contributed by atoms with Crippen LogP contribution in [0.25, 0.3) is 0 Å². The van der Waals surface area contributed by atoms with Crippen molar-refractivity contribution in [2.24, 2.45) is 34.5 Å². The van der Waals surface area contributed by atoms with Crippen molar-refractivity contribution in [2.45, 2.75) is 71.0 Å². The highest BCUT2D eigenvalue weighted by atomic mass is 19.4. The van der Waals surface area contributed by atoms with Crippen LogP contribution in [-0.2, 0) is 15.8 Å². The number of anilines is 2. The van der Waals surface area contributed by atoms with Crippen LogP contribution >= 0.6 is 0 Å². The van der Waals surface area contributed by atoms with Gasteiger partial charge >= 0.3 is 6.18 Å². The highest BCUT2D eigenvalue weighted by Crippen LogP contribution is 2.66. The van der Waals surface area contributed by atoms with Gasteiger partial charge < -0.3 is 16.0 Å². The molecule has 2 amide bonds. The van der Waals surface area contributed by atoms with E-state index < -0.39 is 11.7 Å². The third kappa shape index (κ3) is 3.89. The monoisotopic (exact) mass is 504 g/mol. The van der Waals surface area contributed by atoms with E-state index in [9.17, 15) is 22.8 Å². The van der Waals surface area contributed by atoms with Crippen molar-refractivity contribution in [3.05, 3.63) is 30.0 Å². The fourth-order valence-electron chi connectivity index (χ4n) is 8.33. The number of nitrogens with zero attached hydrogens (tertiary/aromatic N) is 2. The maximum atomic E-state index is 12.9. The summed E-state index contributed by atoms with van der Waals surface area (Å²) in [6.45, 7) is 4.64. The Morgan fingerprint density at radius 1 is 1.19 bits per heavy atom. The molecule has 2 heterocycles. The number of amides is 2. The number of rotatable bonds is 3. The number of fused-ring (bicyclic) bond motifs is 5. The summed E-state index contributed by atoms with van der Waals surface area (Å²) >= 11 is 0. The Morgan fingerprint density at radius 2 is 1.94 bits per heavy atom. The van der Waals surface area contributed by atoms with Crippen molar-refractivity contribution in [1.82, 2.24) is 9.88 Å². The SMILES string of the molecule is CN1C(=O)C=C[C@]2(C)C3CC[C@@]4(C)C(CC[C@@H]4CC(=O)Nc4ncc(C(F)(F)F)cc4N)C3CCC12. The van der Waals surface area contributed by atoms with E-state index in [-0.39, 0.29) is 46.1 Å². The lowest BCUT2D eigenvalue weighted by atomic mass is 9.47. The molecule has 36 heavy (non-hydrogen) atoms.